The minimum absolute atomic E-state index is 0. The number of methoxy groups -OCH3 is 1. The quantitative estimate of drug-likeness (QED) is 0.304. The number of benzene rings is 3. The molecule has 0 spiro atoms. The van der Waals surface area contributed by atoms with Gasteiger partial charge >= 0.3 is 5.97 Å². The van der Waals surface area contributed by atoms with E-state index in [1.165, 1.54) is 33.9 Å². The third-order valence-electron chi connectivity index (χ3n) is 5.41. The van der Waals surface area contributed by atoms with Crippen molar-refractivity contribution < 1.29 is 14.6 Å². The average Bonchev–Trinajstić information content (AvgIpc) is 3.00. The van der Waals surface area contributed by atoms with Crippen LogP contribution in [-0.2, 0) is 4.79 Å². The number of carboxylic acids is 1. The zero-order valence-electron chi connectivity index (χ0n) is 20.3. The van der Waals surface area contributed by atoms with E-state index in [0.29, 0.717) is 5.75 Å². The topological polar surface area (TPSA) is 49.8 Å². The number of fused-ring (bicyclic) bond motifs is 2. The number of hydrogen-bond acceptors (Lipinski definition) is 3. The van der Waals surface area contributed by atoms with Crippen molar-refractivity contribution in [2.45, 2.75) is 6.42 Å². The van der Waals surface area contributed by atoms with E-state index in [9.17, 15) is 4.79 Å². The van der Waals surface area contributed by atoms with Crippen LogP contribution in [0.1, 0.15) is 34.2 Å². The number of ether oxygens (including phenoxy) is 1. The third kappa shape index (κ3) is 7.99. The molecule has 0 atom stereocenters. The molecule has 1 aliphatic carbocycles. The molecule has 0 heterocycles. The van der Waals surface area contributed by atoms with Crippen LogP contribution in [0.4, 0.5) is 0 Å². The van der Waals surface area contributed by atoms with Gasteiger partial charge in [-0.25, -0.2) is 4.79 Å². The summed E-state index contributed by atoms with van der Waals surface area (Å²) in [5, 5.41) is 8.41. The first-order valence-corrected chi connectivity index (χ1v) is 11.3. The van der Waals surface area contributed by atoms with Gasteiger partial charge in [-0.1, -0.05) is 85.0 Å². The van der Waals surface area contributed by atoms with E-state index in [0.717, 1.165) is 24.6 Å². The van der Waals surface area contributed by atoms with E-state index in [2.05, 4.69) is 85.8 Å². The molecular weight excluding hydrogens is 458 g/mol. The Morgan fingerprint density at radius 1 is 0.886 bits per heavy atom. The fourth-order valence-corrected chi connectivity index (χ4v) is 3.75. The lowest BCUT2D eigenvalue weighted by molar-refractivity contribution is -0.131. The van der Waals surface area contributed by atoms with Crippen LogP contribution in [0.3, 0.4) is 0 Å². The molecule has 182 valence electrons. The zero-order valence-corrected chi connectivity index (χ0v) is 21.2. The van der Waals surface area contributed by atoms with Crippen molar-refractivity contribution >= 4 is 42.2 Å². The standard InChI is InChI=1S/C20H21N.C10H10O3.ClH/c1-21(2)15-7-12-20-18-10-5-3-8-16(18)13-14-17-9-4-6-11-19(17)20;1-13-9-5-3-2-4-8(9)6-7-10(11)12;/h3-6,8-14H,7,15H2,1-2H3;2-7H,1H3,(H,11,12);1H. The van der Waals surface area contributed by atoms with Crippen LogP contribution in [0.25, 0.3) is 23.8 Å². The first-order valence-electron chi connectivity index (χ1n) is 11.3. The van der Waals surface area contributed by atoms with Gasteiger partial charge in [0.05, 0.1) is 7.11 Å². The Labute approximate surface area is 214 Å². The van der Waals surface area contributed by atoms with Gasteiger partial charge in [0.25, 0.3) is 0 Å². The van der Waals surface area contributed by atoms with E-state index in [-0.39, 0.29) is 12.4 Å². The summed E-state index contributed by atoms with van der Waals surface area (Å²) in [6.45, 7) is 1.07. The monoisotopic (exact) mass is 489 g/mol. The molecule has 1 aliphatic rings. The van der Waals surface area contributed by atoms with Crippen LogP contribution < -0.4 is 4.74 Å². The number of carbonyl (C=O) groups is 1. The van der Waals surface area contributed by atoms with Crippen LogP contribution in [0, 0.1) is 0 Å². The Bertz CT molecular complexity index is 1160. The van der Waals surface area contributed by atoms with Gasteiger partial charge in [-0.05, 0) is 60.5 Å². The van der Waals surface area contributed by atoms with Crippen LogP contribution in [0.2, 0.25) is 0 Å². The molecule has 0 saturated carbocycles. The highest BCUT2D eigenvalue weighted by Crippen LogP contribution is 2.33. The third-order valence-corrected chi connectivity index (χ3v) is 5.41. The second kappa shape index (κ2) is 14.0. The Kier molecular flexibility index (Phi) is 11.0. The SMILES string of the molecule is CN(C)CCC=C1c2ccccc2C=Cc2ccccc21.COc1ccccc1C=CC(=O)O.Cl. The van der Waals surface area contributed by atoms with Gasteiger partial charge in [-0.3, -0.25) is 0 Å². The summed E-state index contributed by atoms with van der Waals surface area (Å²) in [4.78, 5) is 12.5. The molecule has 35 heavy (non-hydrogen) atoms. The minimum atomic E-state index is -0.967. The largest absolute Gasteiger partial charge is 0.496 e. The average molecular weight is 490 g/mol. The summed E-state index contributed by atoms with van der Waals surface area (Å²) in [5.74, 6) is -0.300. The number of para-hydroxylation sites is 1. The number of nitrogens with zero attached hydrogens (tertiary/aromatic N) is 1. The van der Waals surface area contributed by atoms with Crippen molar-refractivity contribution in [1.29, 1.82) is 0 Å². The van der Waals surface area contributed by atoms with Crippen LogP contribution in [-0.4, -0.2) is 43.7 Å². The van der Waals surface area contributed by atoms with Crippen LogP contribution >= 0.6 is 12.4 Å². The summed E-state index contributed by atoms with van der Waals surface area (Å²) in [5.41, 5.74) is 7.37. The number of aliphatic carboxylic acids is 1. The molecule has 0 fully saturated rings. The van der Waals surface area contributed by atoms with Crippen molar-refractivity contribution in [3.63, 3.8) is 0 Å². The van der Waals surface area contributed by atoms with Crippen LogP contribution in [0.5, 0.6) is 5.75 Å². The smallest absolute Gasteiger partial charge is 0.328 e. The maximum atomic E-state index is 10.2. The molecule has 4 nitrogen and oxygen atoms in total. The molecule has 5 heteroatoms. The number of rotatable bonds is 6. The molecule has 0 unspecified atom stereocenters. The lowest BCUT2D eigenvalue weighted by Crippen LogP contribution is -2.12. The molecule has 0 bridgehead atoms. The molecule has 0 saturated heterocycles. The zero-order chi connectivity index (χ0) is 24.3. The predicted molar refractivity (Wildman–Crippen MR) is 149 cm³/mol. The Morgan fingerprint density at radius 2 is 1.43 bits per heavy atom. The highest BCUT2D eigenvalue weighted by molar-refractivity contribution is 5.93. The number of hydrogen-bond donors (Lipinski definition) is 1. The number of carboxylic acid groups (broad SMARTS) is 1. The van der Waals surface area contributed by atoms with E-state index >= 15 is 0 Å². The van der Waals surface area contributed by atoms with E-state index in [1.54, 1.807) is 19.2 Å². The van der Waals surface area contributed by atoms with Crippen molar-refractivity contribution in [3.05, 3.63) is 113 Å². The fourth-order valence-electron chi connectivity index (χ4n) is 3.75. The van der Waals surface area contributed by atoms with Gasteiger partial charge in [0.1, 0.15) is 5.75 Å². The van der Waals surface area contributed by atoms with Crippen molar-refractivity contribution in [3.8, 4) is 5.75 Å². The molecule has 0 amide bonds. The highest BCUT2D eigenvalue weighted by atomic mass is 35.5. The molecule has 3 aromatic carbocycles. The van der Waals surface area contributed by atoms with Crippen molar-refractivity contribution in [1.82, 2.24) is 4.90 Å². The number of halogens is 1. The highest BCUT2D eigenvalue weighted by Gasteiger charge is 2.13. The summed E-state index contributed by atoms with van der Waals surface area (Å²) in [6.07, 6.45) is 10.5. The van der Waals surface area contributed by atoms with E-state index in [1.807, 2.05) is 12.1 Å². The normalized spacial score (nSPS) is 11.5. The Hall–Kier alpha value is -3.60. The lowest BCUT2D eigenvalue weighted by Gasteiger charge is -2.13. The van der Waals surface area contributed by atoms with Crippen molar-refractivity contribution in [2.75, 3.05) is 27.7 Å². The van der Waals surface area contributed by atoms with Gasteiger partial charge in [-0.2, -0.15) is 0 Å². The van der Waals surface area contributed by atoms with E-state index in [4.69, 9.17) is 9.84 Å². The summed E-state index contributed by atoms with van der Waals surface area (Å²) in [7, 11) is 5.79. The Morgan fingerprint density at radius 3 is 1.97 bits per heavy atom. The molecule has 1 N–H and O–H groups in total. The molecule has 3 aromatic rings. The summed E-state index contributed by atoms with van der Waals surface area (Å²) in [6, 6.07) is 24.5. The molecular formula is C30H32ClNO3. The van der Waals surface area contributed by atoms with Crippen molar-refractivity contribution in [2.24, 2.45) is 0 Å². The van der Waals surface area contributed by atoms with E-state index < -0.39 is 5.97 Å². The maximum absolute atomic E-state index is 10.2. The maximum Gasteiger partial charge on any atom is 0.328 e. The first kappa shape index (κ1) is 27.6. The van der Waals surface area contributed by atoms with Gasteiger partial charge in [0, 0.05) is 18.2 Å². The predicted octanol–water partition coefficient (Wildman–Crippen LogP) is 6.77. The van der Waals surface area contributed by atoms with Gasteiger partial charge in [-0.15, -0.1) is 12.4 Å². The lowest BCUT2D eigenvalue weighted by atomic mass is 9.93. The second-order valence-corrected chi connectivity index (χ2v) is 8.13. The summed E-state index contributed by atoms with van der Waals surface area (Å²) >= 11 is 0. The molecule has 0 aromatic heterocycles. The second-order valence-electron chi connectivity index (χ2n) is 8.13. The fraction of sp³-hybridized carbons (Fsp3) is 0.167. The Balaban J connectivity index is 0.000000268. The minimum Gasteiger partial charge on any atom is -0.496 e. The van der Waals surface area contributed by atoms with Gasteiger partial charge in [0.2, 0.25) is 0 Å². The molecule has 4 rings (SSSR count). The molecule has 0 radical (unpaired) electrons. The first-order chi connectivity index (χ1) is 16.5. The molecule has 0 aliphatic heterocycles. The van der Waals surface area contributed by atoms with Gasteiger partial charge in [0.15, 0.2) is 0 Å². The van der Waals surface area contributed by atoms with Crippen LogP contribution in [0.15, 0.2) is 84.9 Å². The summed E-state index contributed by atoms with van der Waals surface area (Å²) < 4.78 is 5.03. The van der Waals surface area contributed by atoms with Gasteiger partial charge < -0.3 is 14.7 Å².